The molecule has 0 atom stereocenters. The molecule has 0 saturated carbocycles. The van der Waals surface area contributed by atoms with E-state index in [1.165, 1.54) is 22.7 Å². The van der Waals surface area contributed by atoms with E-state index in [-0.39, 0.29) is 10.8 Å². The molecule has 2 rings (SSSR count). The van der Waals surface area contributed by atoms with Crippen LogP contribution in [0.1, 0.15) is 32.2 Å². The zero-order chi connectivity index (χ0) is 19.4. The van der Waals surface area contributed by atoms with Crippen LogP contribution in [0.15, 0.2) is 21.7 Å². The van der Waals surface area contributed by atoms with E-state index < -0.39 is 21.7 Å². The average Bonchev–Trinajstić information content (AvgIpc) is 3.13. The summed E-state index contributed by atoms with van der Waals surface area (Å²) >= 11 is 2.71. The number of thiophene rings is 1. The topological polar surface area (TPSA) is 97.4 Å². The molecular formula is C16H23N3O4S3. The fraction of sp³-hybridized carbons (Fsp3) is 0.500. The van der Waals surface area contributed by atoms with Gasteiger partial charge in [-0.15, -0.1) is 22.7 Å². The number of hydrogen-bond donors (Lipinski definition) is 2. The molecule has 0 aliphatic heterocycles. The second kappa shape index (κ2) is 8.47. The molecule has 2 aromatic heterocycles. The molecule has 0 saturated heterocycles. The quantitative estimate of drug-likeness (QED) is 0.673. The highest BCUT2D eigenvalue weighted by molar-refractivity contribution is 7.91. The van der Waals surface area contributed by atoms with E-state index in [0.29, 0.717) is 13.0 Å². The fourth-order valence-corrected chi connectivity index (χ4v) is 5.02. The number of aryl methyl sites for hydroxylation is 1. The molecule has 0 bridgehead atoms. The van der Waals surface area contributed by atoms with Crippen molar-refractivity contribution in [3.8, 4) is 10.6 Å². The Morgan fingerprint density at radius 2 is 2.00 bits per heavy atom. The maximum absolute atomic E-state index is 12.3. The first-order valence-corrected chi connectivity index (χ1v) is 11.2. The molecule has 0 radical (unpaired) electrons. The Bertz CT molecular complexity index is 850. The third kappa shape index (κ3) is 6.35. The number of aromatic nitrogens is 1. The molecule has 0 aromatic carbocycles. The van der Waals surface area contributed by atoms with Crippen molar-refractivity contribution >= 4 is 38.8 Å². The Morgan fingerprint density at radius 3 is 2.62 bits per heavy atom. The summed E-state index contributed by atoms with van der Waals surface area (Å²) in [6.45, 7) is 7.80. The first kappa shape index (κ1) is 20.8. The lowest BCUT2D eigenvalue weighted by Crippen LogP contribution is -2.34. The van der Waals surface area contributed by atoms with Gasteiger partial charge in [0.2, 0.25) is 10.0 Å². The number of nitrogens with zero attached hydrogens (tertiary/aromatic N) is 1. The van der Waals surface area contributed by atoms with Crippen LogP contribution in [0.25, 0.3) is 10.6 Å². The third-order valence-corrected chi connectivity index (χ3v) is 6.87. The summed E-state index contributed by atoms with van der Waals surface area (Å²) in [5.74, 6) is 0. The summed E-state index contributed by atoms with van der Waals surface area (Å²) in [5.41, 5.74) is 0.235. The van der Waals surface area contributed by atoms with Gasteiger partial charge >= 0.3 is 6.09 Å². The Labute approximate surface area is 161 Å². The van der Waals surface area contributed by atoms with Crippen molar-refractivity contribution < 1.29 is 17.9 Å². The smallest absolute Gasteiger partial charge is 0.407 e. The summed E-state index contributed by atoms with van der Waals surface area (Å²) in [5, 5.41) is 5.44. The van der Waals surface area contributed by atoms with Gasteiger partial charge in [-0.05, 0) is 46.2 Å². The third-order valence-electron chi connectivity index (χ3n) is 3.03. The number of hydrogen-bond acceptors (Lipinski definition) is 7. The molecular weight excluding hydrogens is 394 g/mol. The fourth-order valence-electron chi connectivity index (χ4n) is 1.95. The highest BCUT2D eigenvalue weighted by atomic mass is 32.2. The number of amides is 1. The normalized spacial score (nSPS) is 12.2. The van der Waals surface area contributed by atoms with Crippen molar-refractivity contribution in [2.45, 2.75) is 43.9 Å². The van der Waals surface area contributed by atoms with Crippen LogP contribution in [0.3, 0.4) is 0 Å². The standard InChI is InChI=1S/C16H23N3O4S3/c1-11-19-12(10-24-11)13-6-7-14(25-13)26(21,22)18-9-5-8-17-15(20)23-16(2,3)4/h6-7,10,18H,5,8-9H2,1-4H3,(H,17,20). The predicted molar refractivity (Wildman–Crippen MR) is 104 cm³/mol. The first-order valence-electron chi connectivity index (χ1n) is 8.06. The number of sulfonamides is 1. The summed E-state index contributed by atoms with van der Waals surface area (Å²) in [6, 6.07) is 3.34. The number of alkyl carbamates (subject to hydrolysis) is 1. The zero-order valence-electron chi connectivity index (χ0n) is 15.2. The van der Waals surface area contributed by atoms with Crippen LogP contribution in [0.2, 0.25) is 0 Å². The van der Waals surface area contributed by atoms with Crippen LogP contribution in [0, 0.1) is 6.92 Å². The molecule has 144 valence electrons. The molecule has 0 fully saturated rings. The van der Waals surface area contributed by atoms with E-state index in [4.69, 9.17) is 4.74 Å². The lowest BCUT2D eigenvalue weighted by molar-refractivity contribution is 0.0527. The van der Waals surface area contributed by atoms with E-state index in [2.05, 4.69) is 15.0 Å². The Kier molecular flexibility index (Phi) is 6.78. The maximum atomic E-state index is 12.3. The van der Waals surface area contributed by atoms with Crippen LogP contribution < -0.4 is 10.0 Å². The minimum absolute atomic E-state index is 0.223. The van der Waals surface area contributed by atoms with Gasteiger partial charge in [0.15, 0.2) is 0 Å². The van der Waals surface area contributed by atoms with Crippen molar-refractivity contribution in [1.29, 1.82) is 0 Å². The summed E-state index contributed by atoms with van der Waals surface area (Å²) < 4.78 is 32.6. The SMILES string of the molecule is Cc1nc(-c2ccc(S(=O)(=O)NCCCNC(=O)OC(C)(C)C)s2)cs1. The summed E-state index contributed by atoms with van der Waals surface area (Å²) in [6.07, 6.45) is -0.0519. The molecule has 7 nitrogen and oxygen atoms in total. The molecule has 1 amide bonds. The Hall–Kier alpha value is -1.49. The van der Waals surface area contributed by atoms with Crippen molar-refractivity contribution in [3.05, 3.63) is 22.5 Å². The van der Waals surface area contributed by atoms with Crippen LogP contribution in [0.4, 0.5) is 4.79 Å². The van der Waals surface area contributed by atoms with Crippen molar-refractivity contribution in [3.63, 3.8) is 0 Å². The van der Waals surface area contributed by atoms with E-state index in [0.717, 1.165) is 15.6 Å². The minimum atomic E-state index is -3.57. The highest BCUT2D eigenvalue weighted by Gasteiger charge is 2.18. The molecule has 10 heteroatoms. The molecule has 2 aromatic rings. The molecule has 2 N–H and O–H groups in total. The number of nitrogens with one attached hydrogen (secondary N) is 2. The maximum Gasteiger partial charge on any atom is 0.407 e. The van der Waals surface area contributed by atoms with E-state index in [1.54, 1.807) is 32.9 Å². The second-order valence-electron chi connectivity index (χ2n) is 6.55. The van der Waals surface area contributed by atoms with Crippen LogP contribution in [0.5, 0.6) is 0 Å². The van der Waals surface area contributed by atoms with Gasteiger partial charge in [-0.3, -0.25) is 0 Å². The number of thiazole rings is 1. The lowest BCUT2D eigenvalue weighted by atomic mass is 10.2. The highest BCUT2D eigenvalue weighted by Crippen LogP contribution is 2.31. The molecule has 2 heterocycles. The van der Waals surface area contributed by atoms with Crippen molar-refractivity contribution in [2.24, 2.45) is 0 Å². The van der Waals surface area contributed by atoms with E-state index in [9.17, 15) is 13.2 Å². The number of rotatable bonds is 7. The van der Waals surface area contributed by atoms with Gasteiger partial charge in [-0.25, -0.2) is 22.9 Å². The van der Waals surface area contributed by atoms with Gasteiger partial charge in [-0.2, -0.15) is 0 Å². The summed E-state index contributed by atoms with van der Waals surface area (Å²) in [4.78, 5) is 16.7. The zero-order valence-corrected chi connectivity index (χ0v) is 17.6. The lowest BCUT2D eigenvalue weighted by Gasteiger charge is -2.19. The Balaban J connectivity index is 1.80. The monoisotopic (exact) mass is 417 g/mol. The van der Waals surface area contributed by atoms with E-state index in [1.807, 2.05) is 12.3 Å². The van der Waals surface area contributed by atoms with Crippen molar-refractivity contribution in [1.82, 2.24) is 15.0 Å². The van der Waals surface area contributed by atoms with Gasteiger partial charge in [0.05, 0.1) is 15.6 Å². The average molecular weight is 418 g/mol. The number of ether oxygens (including phenoxy) is 1. The van der Waals surface area contributed by atoms with Crippen LogP contribution in [-0.4, -0.2) is 38.2 Å². The Morgan fingerprint density at radius 1 is 1.27 bits per heavy atom. The summed E-state index contributed by atoms with van der Waals surface area (Å²) in [7, 11) is -3.57. The predicted octanol–water partition coefficient (Wildman–Crippen LogP) is 3.37. The number of carbonyl (C=O) groups is 1. The van der Waals surface area contributed by atoms with Gasteiger partial charge < -0.3 is 10.1 Å². The van der Waals surface area contributed by atoms with Gasteiger partial charge in [-0.1, -0.05) is 0 Å². The van der Waals surface area contributed by atoms with Gasteiger partial charge in [0, 0.05) is 18.5 Å². The molecule has 0 spiro atoms. The van der Waals surface area contributed by atoms with Crippen molar-refractivity contribution in [2.75, 3.05) is 13.1 Å². The molecule has 26 heavy (non-hydrogen) atoms. The van der Waals surface area contributed by atoms with Crippen LogP contribution >= 0.6 is 22.7 Å². The van der Waals surface area contributed by atoms with Gasteiger partial charge in [0.25, 0.3) is 0 Å². The molecule has 0 unspecified atom stereocenters. The van der Waals surface area contributed by atoms with Crippen LogP contribution in [-0.2, 0) is 14.8 Å². The molecule has 0 aliphatic rings. The first-order chi connectivity index (χ1) is 12.1. The van der Waals surface area contributed by atoms with E-state index >= 15 is 0 Å². The van der Waals surface area contributed by atoms with Gasteiger partial charge in [0.1, 0.15) is 9.81 Å². The molecule has 0 aliphatic carbocycles. The largest absolute Gasteiger partial charge is 0.444 e. The second-order valence-corrected chi connectivity index (χ2v) is 10.7. The number of carbonyl (C=O) groups excluding carboxylic acids is 1. The minimum Gasteiger partial charge on any atom is -0.444 e.